The molecule has 0 saturated carbocycles. The maximum absolute atomic E-state index is 11.9. The van der Waals surface area contributed by atoms with E-state index in [0.717, 1.165) is 12.8 Å². The van der Waals surface area contributed by atoms with Crippen molar-refractivity contribution in [1.29, 1.82) is 0 Å². The predicted octanol–water partition coefficient (Wildman–Crippen LogP) is 7.03. The molecule has 0 bridgehead atoms. The Kier molecular flexibility index (Phi) is 32.2. The molecule has 0 aliphatic rings. The number of hydrogen-bond donors (Lipinski definition) is 3. The van der Waals surface area contributed by atoms with Crippen LogP contribution in [0.2, 0.25) is 0 Å². The van der Waals surface area contributed by atoms with Crippen LogP contribution in [0.25, 0.3) is 0 Å². The zero-order valence-corrected chi connectivity index (χ0v) is 22.5. The third-order valence-corrected chi connectivity index (χ3v) is 6.09. The topological polar surface area (TPSA) is 119 Å². The normalized spacial score (nSPS) is 10.3. The highest BCUT2D eigenvalue weighted by Crippen LogP contribution is 2.14. The molecular weight excluding hydrogens is 438 g/mol. The van der Waals surface area contributed by atoms with Crippen molar-refractivity contribution >= 4 is 10.1 Å². The van der Waals surface area contributed by atoms with Crippen molar-refractivity contribution in [2.75, 3.05) is 19.8 Å². The van der Waals surface area contributed by atoms with E-state index < -0.39 is 10.1 Å². The smallest absolute Gasteiger partial charge is 0.296 e. The number of unbranched alkanes of at least 4 members (excludes halogenated alkanes) is 13. The fourth-order valence-electron chi connectivity index (χ4n) is 3.12. The van der Waals surface area contributed by atoms with E-state index in [1.165, 1.54) is 77.0 Å². The Hall–Kier alpha value is -0.990. The Balaban J connectivity index is -0.00000115. The van der Waals surface area contributed by atoms with Gasteiger partial charge < -0.3 is 16.4 Å². The van der Waals surface area contributed by atoms with E-state index in [2.05, 4.69) is 6.92 Å². The molecule has 0 aliphatic carbocycles. The van der Waals surface area contributed by atoms with Gasteiger partial charge in [0.2, 0.25) is 0 Å². The van der Waals surface area contributed by atoms with Crippen LogP contribution in [0.15, 0.2) is 35.2 Å². The lowest BCUT2D eigenvalue weighted by Gasteiger charge is -2.06. The van der Waals surface area contributed by atoms with Crippen LogP contribution in [0.3, 0.4) is 0 Å². The molecular formula is C26H53NO5S. The van der Waals surface area contributed by atoms with E-state index >= 15 is 0 Å². The van der Waals surface area contributed by atoms with Gasteiger partial charge in [0.1, 0.15) is 0 Å². The maximum atomic E-state index is 11.9. The van der Waals surface area contributed by atoms with E-state index in [1.807, 2.05) is 0 Å². The molecule has 7 heteroatoms. The number of benzene rings is 1. The van der Waals surface area contributed by atoms with E-state index in [9.17, 15) is 8.42 Å². The second-order valence-electron chi connectivity index (χ2n) is 7.82. The molecule has 0 heterocycles. The molecule has 33 heavy (non-hydrogen) atoms. The van der Waals surface area contributed by atoms with Gasteiger partial charge in [-0.3, -0.25) is 4.18 Å². The van der Waals surface area contributed by atoms with Crippen molar-refractivity contribution in [1.82, 2.24) is 6.15 Å². The Morgan fingerprint density at radius 3 is 1.33 bits per heavy atom. The van der Waals surface area contributed by atoms with Gasteiger partial charge in [-0.25, -0.2) is 0 Å². The third kappa shape index (κ3) is 27.1. The first-order chi connectivity index (χ1) is 15.5. The van der Waals surface area contributed by atoms with Crippen molar-refractivity contribution in [2.45, 2.75) is 116 Å². The van der Waals surface area contributed by atoms with Crippen LogP contribution < -0.4 is 6.15 Å². The first-order valence-corrected chi connectivity index (χ1v) is 14.1. The maximum Gasteiger partial charge on any atom is 0.296 e. The molecule has 198 valence electrons. The summed E-state index contributed by atoms with van der Waals surface area (Å²) >= 11 is 0. The highest BCUT2D eigenvalue weighted by molar-refractivity contribution is 7.86. The molecule has 0 aliphatic heterocycles. The van der Waals surface area contributed by atoms with E-state index in [4.69, 9.17) is 14.4 Å². The molecule has 0 amide bonds. The fraction of sp³-hybridized carbons (Fsp3) is 0.769. The summed E-state index contributed by atoms with van der Waals surface area (Å²) in [5, 5.41) is 15.1. The molecule has 1 aromatic rings. The Labute approximate surface area is 204 Å². The van der Waals surface area contributed by atoms with Gasteiger partial charge in [0, 0.05) is 13.2 Å². The van der Waals surface area contributed by atoms with Crippen LogP contribution in [-0.2, 0) is 14.3 Å². The van der Waals surface area contributed by atoms with E-state index in [-0.39, 0.29) is 30.9 Å². The summed E-state index contributed by atoms with van der Waals surface area (Å²) < 4.78 is 29.0. The molecule has 5 N–H and O–H groups in total. The monoisotopic (exact) mass is 491 g/mol. The van der Waals surface area contributed by atoms with Crippen LogP contribution in [0.4, 0.5) is 0 Å². The SMILES string of the molecule is CCCCCCCCCCCCCCCCOS(=O)(=O)c1ccccc1.CCO.CCO.N. The van der Waals surface area contributed by atoms with Crippen LogP contribution in [0.1, 0.15) is 111 Å². The standard InChI is InChI=1S/C22H38O3S.2C2H6O.H3N/c1-2-3-4-5-6-7-8-9-10-11-12-13-14-18-21-25-26(23,24)22-19-16-15-17-20-22;2*1-2-3;/h15-17,19-20H,2-14,18,21H2,1H3;2*3H,2H2,1H3;1H3. The van der Waals surface area contributed by atoms with Crippen LogP contribution in [0, 0.1) is 0 Å². The van der Waals surface area contributed by atoms with Gasteiger partial charge in [-0.2, -0.15) is 8.42 Å². The number of aliphatic hydroxyl groups is 2. The summed E-state index contributed by atoms with van der Waals surface area (Å²) in [5.74, 6) is 0. The van der Waals surface area contributed by atoms with Gasteiger partial charge in [0.25, 0.3) is 10.1 Å². The lowest BCUT2D eigenvalue weighted by molar-refractivity contribution is 0.306. The summed E-state index contributed by atoms with van der Waals surface area (Å²) in [6.07, 6.45) is 18.0. The van der Waals surface area contributed by atoms with Crippen LogP contribution in [0.5, 0.6) is 0 Å². The minimum Gasteiger partial charge on any atom is -0.397 e. The van der Waals surface area contributed by atoms with E-state index in [0.29, 0.717) is 0 Å². The highest BCUT2D eigenvalue weighted by Gasteiger charge is 2.13. The molecule has 1 rings (SSSR count). The quantitative estimate of drug-likeness (QED) is 0.159. The average Bonchev–Trinajstić information content (AvgIpc) is 2.78. The van der Waals surface area contributed by atoms with Crippen molar-refractivity contribution in [3.05, 3.63) is 30.3 Å². The lowest BCUT2D eigenvalue weighted by atomic mass is 10.0. The van der Waals surface area contributed by atoms with Crippen LogP contribution >= 0.6 is 0 Å². The first-order valence-electron chi connectivity index (χ1n) is 12.7. The number of rotatable bonds is 17. The summed E-state index contributed by atoms with van der Waals surface area (Å²) in [6, 6.07) is 8.36. The predicted molar refractivity (Wildman–Crippen MR) is 140 cm³/mol. The first kappa shape index (κ1) is 36.6. The minimum atomic E-state index is -3.58. The van der Waals surface area contributed by atoms with Gasteiger partial charge in [0.15, 0.2) is 0 Å². The fourth-order valence-corrected chi connectivity index (χ4v) is 4.08. The summed E-state index contributed by atoms with van der Waals surface area (Å²) in [5.41, 5.74) is 0. The molecule has 0 unspecified atom stereocenters. The number of aliphatic hydroxyl groups excluding tert-OH is 2. The van der Waals surface area contributed by atoms with Crippen molar-refractivity contribution in [3.8, 4) is 0 Å². The zero-order chi connectivity index (χ0) is 24.3. The highest BCUT2D eigenvalue weighted by atomic mass is 32.2. The van der Waals surface area contributed by atoms with Gasteiger partial charge in [-0.15, -0.1) is 0 Å². The molecule has 0 spiro atoms. The molecule has 0 fully saturated rings. The summed E-state index contributed by atoms with van der Waals surface area (Å²) in [7, 11) is -3.58. The Morgan fingerprint density at radius 2 is 0.970 bits per heavy atom. The third-order valence-electron chi connectivity index (χ3n) is 4.77. The average molecular weight is 492 g/mol. The molecule has 0 saturated heterocycles. The Morgan fingerprint density at radius 1 is 0.636 bits per heavy atom. The Bertz CT molecular complexity index is 565. The second kappa shape index (κ2) is 29.0. The minimum absolute atomic E-state index is 0. The van der Waals surface area contributed by atoms with Gasteiger partial charge in [-0.1, -0.05) is 109 Å². The zero-order valence-electron chi connectivity index (χ0n) is 21.6. The second-order valence-corrected chi connectivity index (χ2v) is 9.43. The molecule has 6 nitrogen and oxygen atoms in total. The summed E-state index contributed by atoms with van der Waals surface area (Å²) in [6.45, 7) is 6.41. The van der Waals surface area contributed by atoms with Crippen molar-refractivity contribution < 1.29 is 22.8 Å². The molecule has 0 atom stereocenters. The van der Waals surface area contributed by atoms with Crippen LogP contribution in [-0.4, -0.2) is 38.5 Å². The van der Waals surface area contributed by atoms with E-state index in [1.54, 1.807) is 44.2 Å². The molecule has 1 aromatic carbocycles. The largest absolute Gasteiger partial charge is 0.397 e. The molecule has 0 radical (unpaired) electrons. The van der Waals surface area contributed by atoms with Gasteiger partial charge in [0.05, 0.1) is 11.5 Å². The number of hydrogen-bond acceptors (Lipinski definition) is 6. The lowest BCUT2D eigenvalue weighted by Crippen LogP contribution is -2.07. The molecule has 0 aromatic heterocycles. The van der Waals surface area contributed by atoms with Gasteiger partial charge >= 0.3 is 0 Å². The van der Waals surface area contributed by atoms with Crippen molar-refractivity contribution in [3.63, 3.8) is 0 Å². The van der Waals surface area contributed by atoms with Gasteiger partial charge in [-0.05, 0) is 32.4 Å². The van der Waals surface area contributed by atoms with Crippen molar-refractivity contribution in [2.24, 2.45) is 0 Å². The summed E-state index contributed by atoms with van der Waals surface area (Å²) in [4.78, 5) is 0.241.